The molecule has 134 valence electrons. The van der Waals surface area contributed by atoms with E-state index in [2.05, 4.69) is 5.32 Å². The summed E-state index contributed by atoms with van der Waals surface area (Å²) in [6.45, 7) is 2.93. The lowest BCUT2D eigenvalue weighted by atomic mass is 10.1. The third-order valence-electron chi connectivity index (χ3n) is 4.06. The molecule has 0 radical (unpaired) electrons. The molecule has 0 spiro atoms. The normalized spacial score (nSPS) is 18.8. The van der Waals surface area contributed by atoms with Crippen molar-refractivity contribution in [3.05, 3.63) is 35.4 Å². The van der Waals surface area contributed by atoms with Gasteiger partial charge in [0.2, 0.25) is 0 Å². The zero-order valence-electron chi connectivity index (χ0n) is 14.5. The Morgan fingerprint density at radius 3 is 2.83 bits per heavy atom. The number of carbonyl (C=O) groups excluding carboxylic acids is 1. The van der Waals surface area contributed by atoms with Gasteiger partial charge in [-0.3, -0.25) is 9.69 Å². The third-order valence-corrected chi connectivity index (χ3v) is 4.06. The molecule has 1 fully saturated rings. The monoisotopic (exact) mass is 336 g/mol. The second-order valence-electron chi connectivity index (χ2n) is 6.30. The summed E-state index contributed by atoms with van der Waals surface area (Å²) >= 11 is 0. The number of carbonyl (C=O) groups is 1. The predicted molar refractivity (Wildman–Crippen MR) is 92.0 cm³/mol. The number of hydrogen-bond acceptors (Lipinski definition) is 5. The summed E-state index contributed by atoms with van der Waals surface area (Å²) in [5.74, 6) is -0.0892. The third kappa shape index (κ3) is 6.20. The first kappa shape index (κ1) is 18.9. The fourth-order valence-electron chi connectivity index (χ4n) is 2.81. The SMILES string of the molecule is CNC(=O)c1ccc(CN(C)CC(O)COCC2CCCO2)cc1. The predicted octanol–water partition coefficient (Wildman–Crippen LogP) is 1.03. The van der Waals surface area contributed by atoms with Gasteiger partial charge in [-0.25, -0.2) is 0 Å². The zero-order valence-corrected chi connectivity index (χ0v) is 14.5. The molecule has 1 aliphatic heterocycles. The highest BCUT2D eigenvalue weighted by Gasteiger charge is 2.16. The van der Waals surface area contributed by atoms with Gasteiger partial charge in [0.15, 0.2) is 0 Å². The van der Waals surface area contributed by atoms with E-state index in [1.54, 1.807) is 7.05 Å². The Balaban J connectivity index is 1.67. The topological polar surface area (TPSA) is 71.0 Å². The minimum absolute atomic E-state index is 0.0892. The van der Waals surface area contributed by atoms with Crippen LogP contribution in [0, 0.1) is 0 Å². The zero-order chi connectivity index (χ0) is 17.4. The molecule has 2 atom stereocenters. The first-order valence-corrected chi connectivity index (χ1v) is 8.45. The molecule has 0 saturated carbocycles. The van der Waals surface area contributed by atoms with Crippen molar-refractivity contribution in [3.8, 4) is 0 Å². The molecule has 24 heavy (non-hydrogen) atoms. The second kappa shape index (κ2) is 9.74. The highest BCUT2D eigenvalue weighted by atomic mass is 16.5. The largest absolute Gasteiger partial charge is 0.389 e. The molecule has 1 saturated heterocycles. The maximum Gasteiger partial charge on any atom is 0.251 e. The summed E-state index contributed by atoms with van der Waals surface area (Å²) in [6, 6.07) is 7.48. The Labute approximate surface area is 143 Å². The van der Waals surface area contributed by atoms with Gasteiger partial charge >= 0.3 is 0 Å². The van der Waals surface area contributed by atoms with Crippen LogP contribution in [-0.4, -0.2) is 68.6 Å². The number of hydrogen-bond donors (Lipinski definition) is 2. The van der Waals surface area contributed by atoms with Gasteiger partial charge in [-0.1, -0.05) is 12.1 Å². The van der Waals surface area contributed by atoms with Crippen molar-refractivity contribution in [2.75, 3.05) is 40.5 Å². The van der Waals surface area contributed by atoms with Gasteiger partial charge in [0.25, 0.3) is 5.91 Å². The summed E-state index contributed by atoms with van der Waals surface area (Å²) in [4.78, 5) is 13.5. The van der Waals surface area contributed by atoms with Crippen LogP contribution in [0.1, 0.15) is 28.8 Å². The lowest BCUT2D eigenvalue weighted by Gasteiger charge is -2.21. The Kier molecular flexibility index (Phi) is 7.65. The molecule has 2 rings (SSSR count). The maximum atomic E-state index is 11.5. The van der Waals surface area contributed by atoms with Gasteiger partial charge in [0.1, 0.15) is 0 Å². The standard InChI is InChI=1S/C18H28N2O4/c1-19-18(22)15-7-5-14(6-8-15)10-20(2)11-16(21)12-23-13-17-4-3-9-24-17/h5-8,16-17,21H,3-4,9-13H2,1-2H3,(H,19,22). The Morgan fingerprint density at radius 1 is 1.46 bits per heavy atom. The number of rotatable bonds is 9. The number of nitrogens with one attached hydrogen (secondary N) is 1. The Morgan fingerprint density at radius 2 is 2.21 bits per heavy atom. The molecule has 1 aliphatic rings. The average Bonchev–Trinajstić information content (AvgIpc) is 3.08. The summed E-state index contributed by atoms with van der Waals surface area (Å²) in [6.07, 6.45) is 1.80. The first-order valence-electron chi connectivity index (χ1n) is 8.45. The number of nitrogens with zero attached hydrogens (tertiary/aromatic N) is 1. The lowest BCUT2D eigenvalue weighted by Crippen LogP contribution is -2.32. The van der Waals surface area contributed by atoms with E-state index in [1.807, 2.05) is 36.2 Å². The van der Waals surface area contributed by atoms with E-state index in [-0.39, 0.29) is 12.0 Å². The molecule has 2 unspecified atom stereocenters. The highest BCUT2D eigenvalue weighted by molar-refractivity contribution is 5.93. The van der Waals surface area contributed by atoms with Crippen LogP contribution in [0.25, 0.3) is 0 Å². The maximum absolute atomic E-state index is 11.5. The molecule has 0 aliphatic carbocycles. The summed E-state index contributed by atoms with van der Waals surface area (Å²) in [5.41, 5.74) is 1.74. The number of amides is 1. The number of ether oxygens (including phenoxy) is 2. The molecule has 6 heteroatoms. The molecule has 0 bridgehead atoms. The quantitative estimate of drug-likeness (QED) is 0.705. The Hall–Kier alpha value is -1.47. The van der Waals surface area contributed by atoms with Crippen LogP contribution in [0.15, 0.2) is 24.3 Å². The molecule has 6 nitrogen and oxygen atoms in total. The van der Waals surface area contributed by atoms with Gasteiger partial charge in [-0.2, -0.15) is 0 Å². The van der Waals surface area contributed by atoms with E-state index in [0.717, 1.165) is 25.0 Å². The van der Waals surface area contributed by atoms with Crippen molar-refractivity contribution in [1.82, 2.24) is 10.2 Å². The van der Waals surface area contributed by atoms with Gasteiger partial charge in [-0.15, -0.1) is 0 Å². The molecule has 1 amide bonds. The fourth-order valence-corrected chi connectivity index (χ4v) is 2.81. The molecule has 1 heterocycles. The smallest absolute Gasteiger partial charge is 0.251 e. The van der Waals surface area contributed by atoms with Gasteiger partial charge in [0.05, 0.1) is 25.4 Å². The van der Waals surface area contributed by atoms with Gasteiger partial charge in [-0.05, 0) is 37.6 Å². The van der Waals surface area contributed by atoms with Crippen LogP contribution in [0.4, 0.5) is 0 Å². The van der Waals surface area contributed by atoms with E-state index < -0.39 is 6.10 Å². The average molecular weight is 336 g/mol. The van der Waals surface area contributed by atoms with Crippen LogP contribution < -0.4 is 5.32 Å². The van der Waals surface area contributed by atoms with Crippen LogP contribution in [0.3, 0.4) is 0 Å². The highest BCUT2D eigenvalue weighted by Crippen LogP contribution is 2.12. The summed E-state index contributed by atoms with van der Waals surface area (Å²) in [5, 5.41) is 12.7. The van der Waals surface area contributed by atoms with E-state index in [1.165, 1.54) is 0 Å². The molecule has 1 aromatic carbocycles. The summed E-state index contributed by atoms with van der Waals surface area (Å²) in [7, 11) is 3.57. The number of aliphatic hydroxyl groups is 1. The Bertz CT molecular complexity index is 500. The van der Waals surface area contributed by atoms with Gasteiger partial charge in [0, 0.05) is 32.3 Å². The van der Waals surface area contributed by atoms with Gasteiger partial charge < -0.3 is 19.9 Å². The second-order valence-corrected chi connectivity index (χ2v) is 6.30. The van der Waals surface area contributed by atoms with Crippen LogP contribution in [0.5, 0.6) is 0 Å². The van der Waals surface area contributed by atoms with E-state index in [0.29, 0.717) is 31.9 Å². The van der Waals surface area contributed by atoms with Crippen molar-refractivity contribution < 1.29 is 19.4 Å². The number of aliphatic hydroxyl groups excluding tert-OH is 1. The van der Waals surface area contributed by atoms with Crippen LogP contribution in [-0.2, 0) is 16.0 Å². The van der Waals surface area contributed by atoms with Crippen molar-refractivity contribution in [2.24, 2.45) is 0 Å². The van der Waals surface area contributed by atoms with Crippen molar-refractivity contribution in [2.45, 2.75) is 31.6 Å². The van der Waals surface area contributed by atoms with E-state index >= 15 is 0 Å². The lowest BCUT2D eigenvalue weighted by molar-refractivity contribution is -0.0238. The number of benzene rings is 1. The molecule has 2 N–H and O–H groups in total. The van der Waals surface area contributed by atoms with Crippen LogP contribution in [0.2, 0.25) is 0 Å². The minimum atomic E-state index is -0.526. The minimum Gasteiger partial charge on any atom is -0.389 e. The molecular formula is C18H28N2O4. The molecule has 0 aromatic heterocycles. The van der Waals surface area contributed by atoms with Crippen molar-refractivity contribution >= 4 is 5.91 Å². The van der Waals surface area contributed by atoms with Crippen molar-refractivity contribution in [3.63, 3.8) is 0 Å². The molecular weight excluding hydrogens is 308 g/mol. The fraction of sp³-hybridized carbons (Fsp3) is 0.611. The molecule has 1 aromatic rings. The van der Waals surface area contributed by atoms with Crippen molar-refractivity contribution in [1.29, 1.82) is 0 Å². The van der Waals surface area contributed by atoms with E-state index in [4.69, 9.17) is 9.47 Å². The van der Waals surface area contributed by atoms with Crippen LogP contribution >= 0.6 is 0 Å². The summed E-state index contributed by atoms with van der Waals surface area (Å²) < 4.78 is 11.0. The van der Waals surface area contributed by atoms with E-state index in [9.17, 15) is 9.90 Å². The first-order chi connectivity index (χ1) is 11.6. The number of likely N-dealkylation sites (N-methyl/N-ethyl adjacent to an activating group) is 1.